The molecule has 2 aliphatic carbocycles. The number of carbonyl (C=O) groups is 1. The van der Waals surface area contributed by atoms with Crippen molar-refractivity contribution in [3.8, 4) is 0 Å². The van der Waals surface area contributed by atoms with Crippen LogP contribution in [-0.4, -0.2) is 44.7 Å². The number of hydrogen-bond acceptors (Lipinski definition) is 4. The van der Waals surface area contributed by atoms with Gasteiger partial charge in [-0.2, -0.15) is 5.10 Å². The molecule has 2 atom stereocenters. The summed E-state index contributed by atoms with van der Waals surface area (Å²) in [5, 5.41) is 7.72. The average molecular weight is 345 g/mol. The SMILES string of the molecule is CCn1ncnc1CN1C[C@@H](NC(=O)C2CCCCC2)[C@H](C2CC2)C1. The Balaban J connectivity index is 1.38. The summed E-state index contributed by atoms with van der Waals surface area (Å²) in [5.74, 6) is 3.03. The fourth-order valence-corrected chi connectivity index (χ4v) is 4.74. The van der Waals surface area contributed by atoms with Gasteiger partial charge in [0.05, 0.1) is 6.54 Å². The minimum absolute atomic E-state index is 0.255. The molecule has 3 fully saturated rings. The number of aryl methyl sites for hydroxylation is 1. The molecule has 138 valence electrons. The molecule has 1 aromatic heterocycles. The maximum absolute atomic E-state index is 12.7. The highest BCUT2D eigenvalue weighted by molar-refractivity contribution is 5.79. The number of rotatable bonds is 6. The van der Waals surface area contributed by atoms with Gasteiger partial charge < -0.3 is 5.32 Å². The maximum atomic E-state index is 12.7. The average Bonchev–Trinajstić information content (AvgIpc) is 3.26. The van der Waals surface area contributed by atoms with Crippen molar-refractivity contribution < 1.29 is 4.79 Å². The minimum Gasteiger partial charge on any atom is -0.352 e. The fourth-order valence-electron chi connectivity index (χ4n) is 4.74. The summed E-state index contributed by atoms with van der Waals surface area (Å²) >= 11 is 0. The minimum atomic E-state index is 0.255. The summed E-state index contributed by atoms with van der Waals surface area (Å²) in [6, 6.07) is 0.319. The molecule has 4 rings (SSSR count). The molecule has 6 nitrogen and oxygen atoms in total. The van der Waals surface area contributed by atoms with Crippen LogP contribution in [0.3, 0.4) is 0 Å². The van der Waals surface area contributed by atoms with E-state index in [2.05, 4.69) is 27.2 Å². The number of nitrogens with zero attached hydrogens (tertiary/aromatic N) is 4. The molecule has 2 heterocycles. The van der Waals surface area contributed by atoms with Gasteiger partial charge in [0.25, 0.3) is 0 Å². The van der Waals surface area contributed by atoms with E-state index in [-0.39, 0.29) is 5.92 Å². The van der Waals surface area contributed by atoms with Crippen molar-refractivity contribution in [2.75, 3.05) is 13.1 Å². The molecule has 3 aliphatic rings. The van der Waals surface area contributed by atoms with Crippen LogP contribution in [0.5, 0.6) is 0 Å². The normalized spacial score (nSPS) is 28.4. The highest BCUT2D eigenvalue weighted by Gasteiger charge is 2.43. The Morgan fingerprint density at radius 3 is 2.72 bits per heavy atom. The Kier molecular flexibility index (Phi) is 5.06. The number of aromatic nitrogens is 3. The van der Waals surface area contributed by atoms with Crippen LogP contribution >= 0.6 is 0 Å². The zero-order valence-electron chi connectivity index (χ0n) is 15.4. The van der Waals surface area contributed by atoms with Crippen molar-refractivity contribution in [1.29, 1.82) is 0 Å². The summed E-state index contributed by atoms with van der Waals surface area (Å²) in [7, 11) is 0. The lowest BCUT2D eigenvalue weighted by atomic mass is 9.88. The van der Waals surface area contributed by atoms with Crippen LogP contribution in [0, 0.1) is 17.8 Å². The van der Waals surface area contributed by atoms with E-state index in [1.54, 1.807) is 6.33 Å². The summed E-state index contributed by atoms with van der Waals surface area (Å²) in [5.41, 5.74) is 0. The van der Waals surface area contributed by atoms with Crippen LogP contribution in [0.4, 0.5) is 0 Å². The summed E-state index contributed by atoms with van der Waals surface area (Å²) in [6.07, 6.45) is 10.2. The van der Waals surface area contributed by atoms with Crippen LogP contribution in [0.15, 0.2) is 6.33 Å². The van der Waals surface area contributed by atoms with Crippen molar-refractivity contribution in [1.82, 2.24) is 25.0 Å². The quantitative estimate of drug-likeness (QED) is 0.858. The van der Waals surface area contributed by atoms with E-state index in [1.165, 1.54) is 32.1 Å². The zero-order chi connectivity index (χ0) is 17.2. The lowest BCUT2D eigenvalue weighted by Gasteiger charge is -2.25. The highest BCUT2D eigenvalue weighted by atomic mass is 16.2. The van der Waals surface area contributed by atoms with Gasteiger partial charge in [-0.3, -0.25) is 9.69 Å². The van der Waals surface area contributed by atoms with Crippen LogP contribution < -0.4 is 5.32 Å². The molecule has 2 saturated carbocycles. The van der Waals surface area contributed by atoms with Crippen molar-refractivity contribution in [2.24, 2.45) is 17.8 Å². The third kappa shape index (κ3) is 3.89. The number of amides is 1. The van der Waals surface area contributed by atoms with Crippen LogP contribution in [-0.2, 0) is 17.9 Å². The molecule has 6 heteroatoms. The molecule has 25 heavy (non-hydrogen) atoms. The van der Waals surface area contributed by atoms with Crippen molar-refractivity contribution in [3.63, 3.8) is 0 Å². The van der Waals surface area contributed by atoms with E-state index in [0.717, 1.165) is 50.8 Å². The van der Waals surface area contributed by atoms with E-state index in [4.69, 9.17) is 0 Å². The number of nitrogens with one attached hydrogen (secondary N) is 1. The third-order valence-corrected chi connectivity index (χ3v) is 6.33. The third-order valence-electron chi connectivity index (χ3n) is 6.33. The van der Waals surface area contributed by atoms with Crippen molar-refractivity contribution >= 4 is 5.91 Å². The lowest BCUT2D eigenvalue weighted by Crippen LogP contribution is -2.44. The summed E-state index contributed by atoms with van der Waals surface area (Å²) in [6.45, 7) is 5.83. The van der Waals surface area contributed by atoms with Gasteiger partial charge >= 0.3 is 0 Å². The lowest BCUT2D eigenvalue weighted by molar-refractivity contribution is -0.126. The van der Waals surface area contributed by atoms with Crippen molar-refractivity contribution in [2.45, 2.75) is 71.0 Å². The van der Waals surface area contributed by atoms with E-state index in [9.17, 15) is 4.79 Å². The van der Waals surface area contributed by atoms with Gasteiger partial charge in [0, 0.05) is 31.6 Å². The van der Waals surface area contributed by atoms with E-state index < -0.39 is 0 Å². The fraction of sp³-hybridized carbons (Fsp3) is 0.842. The second kappa shape index (κ2) is 7.44. The Morgan fingerprint density at radius 1 is 1.20 bits per heavy atom. The first-order chi connectivity index (χ1) is 12.2. The molecule has 1 saturated heterocycles. The van der Waals surface area contributed by atoms with Gasteiger partial charge in [-0.1, -0.05) is 19.3 Å². The van der Waals surface area contributed by atoms with Gasteiger partial charge in [0.2, 0.25) is 5.91 Å². The smallest absolute Gasteiger partial charge is 0.223 e. The Labute approximate surface area is 150 Å². The van der Waals surface area contributed by atoms with Crippen LogP contribution in [0.2, 0.25) is 0 Å². The van der Waals surface area contributed by atoms with Gasteiger partial charge in [0.1, 0.15) is 12.2 Å². The first-order valence-corrected chi connectivity index (χ1v) is 10.1. The number of carbonyl (C=O) groups excluding carboxylic acids is 1. The molecule has 1 aromatic rings. The molecule has 1 N–H and O–H groups in total. The molecule has 1 aliphatic heterocycles. The maximum Gasteiger partial charge on any atom is 0.223 e. The topological polar surface area (TPSA) is 63.1 Å². The van der Waals surface area contributed by atoms with Gasteiger partial charge in [-0.25, -0.2) is 9.67 Å². The predicted octanol–water partition coefficient (Wildman–Crippen LogP) is 2.20. The highest BCUT2D eigenvalue weighted by Crippen LogP contribution is 2.42. The predicted molar refractivity (Wildman–Crippen MR) is 95.7 cm³/mol. The largest absolute Gasteiger partial charge is 0.352 e. The zero-order valence-corrected chi connectivity index (χ0v) is 15.4. The van der Waals surface area contributed by atoms with E-state index in [1.807, 2.05) is 4.68 Å². The first-order valence-electron chi connectivity index (χ1n) is 10.1. The summed E-state index contributed by atoms with van der Waals surface area (Å²) < 4.78 is 1.97. The number of likely N-dealkylation sites (tertiary alicyclic amines) is 1. The second-order valence-electron chi connectivity index (χ2n) is 8.14. The van der Waals surface area contributed by atoms with E-state index >= 15 is 0 Å². The van der Waals surface area contributed by atoms with E-state index in [0.29, 0.717) is 17.9 Å². The second-order valence-corrected chi connectivity index (χ2v) is 8.14. The Bertz CT molecular complexity index is 590. The Hall–Kier alpha value is -1.43. The summed E-state index contributed by atoms with van der Waals surface area (Å²) in [4.78, 5) is 19.6. The molecule has 0 unspecified atom stereocenters. The molecular weight excluding hydrogens is 314 g/mol. The monoisotopic (exact) mass is 345 g/mol. The molecule has 0 spiro atoms. The number of hydrogen-bond donors (Lipinski definition) is 1. The van der Waals surface area contributed by atoms with Gasteiger partial charge in [0.15, 0.2) is 0 Å². The standard InChI is InChI=1S/C19H31N5O/c1-2-24-18(20-13-21-24)12-23-10-16(14-8-9-14)17(11-23)22-19(25)15-6-4-3-5-7-15/h13-17H,2-12H2,1H3,(H,22,25)/t16-,17+/m0/s1. The molecule has 0 aromatic carbocycles. The molecular formula is C19H31N5O. The molecule has 0 radical (unpaired) electrons. The van der Waals surface area contributed by atoms with Gasteiger partial charge in [-0.15, -0.1) is 0 Å². The Morgan fingerprint density at radius 2 is 2.00 bits per heavy atom. The van der Waals surface area contributed by atoms with Crippen LogP contribution in [0.1, 0.15) is 57.7 Å². The van der Waals surface area contributed by atoms with Crippen molar-refractivity contribution in [3.05, 3.63) is 12.2 Å². The van der Waals surface area contributed by atoms with Crippen LogP contribution in [0.25, 0.3) is 0 Å². The molecule has 1 amide bonds. The van der Waals surface area contributed by atoms with Gasteiger partial charge in [-0.05, 0) is 44.4 Å². The molecule has 0 bridgehead atoms. The first kappa shape index (κ1) is 17.0.